The summed E-state index contributed by atoms with van der Waals surface area (Å²) >= 11 is 0. The lowest BCUT2D eigenvalue weighted by molar-refractivity contribution is 0.133. The van der Waals surface area contributed by atoms with Crippen LogP contribution in [0.15, 0.2) is 0 Å². The first-order valence-electron chi connectivity index (χ1n) is 7.29. The van der Waals surface area contributed by atoms with Gasteiger partial charge in [0.15, 0.2) is 0 Å². The molecule has 1 aliphatic carbocycles. The Balaban J connectivity index is 1.61. The van der Waals surface area contributed by atoms with Crippen LogP contribution in [0.5, 0.6) is 0 Å². The van der Waals surface area contributed by atoms with E-state index in [1.807, 2.05) is 0 Å². The molecule has 2 rings (SSSR count). The molecular weight excluding hydrogens is 210 g/mol. The molecule has 0 bridgehead atoms. The van der Waals surface area contributed by atoms with Crippen molar-refractivity contribution >= 4 is 0 Å². The molecule has 2 aliphatic rings. The number of hydrogen-bond acceptors (Lipinski definition) is 3. The van der Waals surface area contributed by atoms with Gasteiger partial charge in [-0.05, 0) is 59.2 Å². The maximum atomic E-state index is 3.68. The molecule has 3 heteroatoms. The average Bonchev–Trinajstić information content (AvgIpc) is 3.13. The van der Waals surface area contributed by atoms with E-state index >= 15 is 0 Å². The maximum absolute atomic E-state index is 3.68. The van der Waals surface area contributed by atoms with Gasteiger partial charge < -0.3 is 15.1 Å². The number of likely N-dealkylation sites (N-methyl/N-ethyl adjacent to an activating group) is 1. The first-order valence-corrected chi connectivity index (χ1v) is 7.29. The Morgan fingerprint density at radius 1 is 1.29 bits per heavy atom. The van der Waals surface area contributed by atoms with Crippen LogP contribution in [0.2, 0.25) is 0 Å². The first kappa shape index (κ1) is 13.3. The molecule has 1 saturated carbocycles. The quantitative estimate of drug-likeness (QED) is 0.756. The van der Waals surface area contributed by atoms with Gasteiger partial charge in [-0.3, -0.25) is 0 Å². The van der Waals surface area contributed by atoms with E-state index in [0.717, 1.165) is 24.5 Å². The normalized spacial score (nSPS) is 28.6. The van der Waals surface area contributed by atoms with E-state index in [4.69, 9.17) is 0 Å². The van der Waals surface area contributed by atoms with Crippen molar-refractivity contribution in [2.75, 3.05) is 40.3 Å². The second-order valence-corrected chi connectivity index (χ2v) is 6.14. The van der Waals surface area contributed by atoms with Crippen molar-refractivity contribution < 1.29 is 0 Å². The van der Waals surface area contributed by atoms with Gasteiger partial charge in [-0.1, -0.05) is 0 Å². The molecule has 2 unspecified atom stereocenters. The summed E-state index contributed by atoms with van der Waals surface area (Å²) in [7, 11) is 4.42. The molecule has 1 aliphatic heterocycles. The molecule has 0 aromatic heterocycles. The largest absolute Gasteiger partial charge is 0.313 e. The fraction of sp³-hybridized carbons (Fsp3) is 1.00. The Labute approximate surface area is 107 Å². The second kappa shape index (κ2) is 6.17. The van der Waals surface area contributed by atoms with E-state index < -0.39 is 0 Å². The van der Waals surface area contributed by atoms with Crippen molar-refractivity contribution in [2.45, 2.75) is 44.7 Å². The smallest absolute Gasteiger partial charge is 0.0217 e. The van der Waals surface area contributed by atoms with Crippen LogP contribution in [-0.2, 0) is 0 Å². The van der Waals surface area contributed by atoms with Crippen molar-refractivity contribution in [3.63, 3.8) is 0 Å². The third-order valence-corrected chi connectivity index (χ3v) is 4.43. The molecule has 0 radical (unpaired) electrons. The Bertz CT molecular complexity index is 226. The monoisotopic (exact) mass is 239 g/mol. The molecule has 2 atom stereocenters. The van der Waals surface area contributed by atoms with E-state index in [-0.39, 0.29) is 0 Å². The van der Waals surface area contributed by atoms with Gasteiger partial charge >= 0.3 is 0 Å². The average molecular weight is 239 g/mol. The molecular formula is C14H29N3. The molecule has 0 amide bonds. The van der Waals surface area contributed by atoms with Crippen molar-refractivity contribution in [1.29, 1.82) is 0 Å². The zero-order valence-corrected chi connectivity index (χ0v) is 11.8. The summed E-state index contributed by atoms with van der Waals surface area (Å²) in [6, 6.07) is 1.51. The molecule has 3 nitrogen and oxygen atoms in total. The molecule has 0 aromatic rings. The zero-order chi connectivity index (χ0) is 12.3. The minimum atomic E-state index is 0.740. The standard InChI is InChI=1S/C14H29N3/c1-12(13-6-7-13)15-8-10-17-9-4-5-14(11-17)16(2)3/h12-15H,4-11H2,1-3H3. The summed E-state index contributed by atoms with van der Waals surface area (Å²) in [5.74, 6) is 0.978. The van der Waals surface area contributed by atoms with Gasteiger partial charge in [-0.15, -0.1) is 0 Å². The number of nitrogens with zero attached hydrogens (tertiary/aromatic N) is 2. The summed E-state index contributed by atoms with van der Waals surface area (Å²) in [5.41, 5.74) is 0. The van der Waals surface area contributed by atoms with Crippen molar-refractivity contribution in [1.82, 2.24) is 15.1 Å². The van der Waals surface area contributed by atoms with Gasteiger partial charge in [-0.2, -0.15) is 0 Å². The van der Waals surface area contributed by atoms with Crippen LogP contribution in [0.3, 0.4) is 0 Å². The van der Waals surface area contributed by atoms with Crippen molar-refractivity contribution in [3.05, 3.63) is 0 Å². The van der Waals surface area contributed by atoms with Gasteiger partial charge in [-0.25, -0.2) is 0 Å². The van der Waals surface area contributed by atoms with E-state index in [9.17, 15) is 0 Å². The fourth-order valence-corrected chi connectivity index (χ4v) is 2.87. The first-order chi connectivity index (χ1) is 8.16. The Hall–Kier alpha value is -0.120. The zero-order valence-electron chi connectivity index (χ0n) is 11.8. The predicted octanol–water partition coefficient (Wildman–Crippen LogP) is 1.40. The highest BCUT2D eigenvalue weighted by atomic mass is 15.2. The van der Waals surface area contributed by atoms with Gasteiger partial charge in [0.25, 0.3) is 0 Å². The van der Waals surface area contributed by atoms with Gasteiger partial charge in [0.1, 0.15) is 0 Å². The highest BCUT2D eigenvalue weighted by Crippen LogP contribution is 2.32. The van der Waals surface area contributed by atoms with E-state index in [1.54, 1.807) is 0 Å². The van der Waals surface area contributed by atoms with Crippen molar-refractivity contribution in [3.8, 4) is 0 Å². The summed E-state index contributed by atoms with van der Waals surface area (Å²) in [6.45, 7) is 7.28. The molecule has 1 N–H and O–H groups in total. The second-order valence-electron chi connectivity index (χ2n) is 6.14. The summed E-state index contributed by atoms with van der Waals surface area (Å²) < 4.78 is 0. The van der Waals surface area contributed by atoms with E-state index in [1.165, 1.54) is 45.3 Å². The number of rotatable bonds is 6. The van der Waals surface area contributed by atoms with Gasteiger partial charge in [0.05, 0.1) is 0 Å². The van der Waals surface area contributed by atoms with Crippen LogP contribution < -0.4 is 5.32 Å². The lowest BCUT2D eigenvalue weighted by Crippen LogP contribution is -2.47. The number of piperidine rings is 1. The lowest BCUT2D eigenvalue weighted by Gasteiger charge is -2.36. The lowest BCUT2D eigenvalue weighted by atomic mass is 10.1. The van der Waals surface area contributed by atoms with Crippen molar-refractivity contribution in [2.24, 2.45) is 5.92 Å². The van der Waals surface area contributed by atoms with Gasteiger partial charge in [0.2, 0.25) is 0 Å². The highest BCUT2D eigenvalue weighted by Gasteiger charge is 2.27. The Morgan fingerprint density at radius 2 is 2.06 bits per heavy atom. The van der Waals surface area contributed by atoms with Crippen LogP contribution >= 0.6 is 0 Å². The number of likely N-dealkylation sites (tertiary alicyclic amines) is 1. The van der Waals surface area contributed by atoms with Gasteiger partial charge in [0, 0.05) is 31.7 Å². The molecule has 2 fully saturated rings. The Kier molecular flexibility index (Phi) is 4.83. The minimum absolute atomic E-state index is 0.740. The molecule has 0 spiro atoms. The summed E-state index contributed by atoms with van der Waals surface area (Å²) in [4.78, 5) is 5.01. The maximum Gasteiger partial charge on any atom is 0.0217 e. The van der Waals surface area contributed by atoms with Crippen LogP contribution in [0.1, 0.15) is 32.6 Å². The van der Waals surface area contributed by atoms with Crippen LogP contribution in [0.25, 0.3) is 0 Å². The summed E-state index contributed by atoms with van der Waals surface area (Å²) in [5, 5.41) is 3.68. The van der Waals surface area contributed by atoms with E-state index in [0.29, 0.717) is 0 Å². The minimum Gasteiger partial charge on any atom is -0.313 e. The fourth-order valence-electron chi connectivity index (χ4n) is 2.87. The molecule has 100 valence electrons. The topological polar surface area (TPSA) is 18.5 Å². The third kappa shape index (κ3) is 4.23. The van der Waals surface area contributed by atoms with Crippen LogP contribution in [-0.4, -0.2) is 62.2 Å². The third-order valence-electron chi connectivity index (χ3n) is 4.43. The van der Waals surface area contributed by atoms with E-state index in [2.05, 4.69) is 36.1 Å². The SMILES string of the molecule is CC(NCCN1CCCC(N(C)C)C1)C1CC1. The summed E-state index contributed by atoms with van der Waals surface area (Å²) in [6.07, 6.45) is 5.62. The van der Waals surface area contributed by atoms with Crippen LogP contribution in [0, 0.1) is 5.92 Å². The number of nitrogens with one attached hydrogen (secondary N) is 1. The molecule has 1 saturated heterocycles. The molecule has 1 heterocycles. The highest BCUT2D eigenvalue weighted by molar-refractivity contribution is 4.84. The number of hydrogen-bond donors (Lipinski definition) is 1. The molecule has 0 aromatic carbocycles. The Morgan fingerprint density at radius 3 is 2.71 bits per heavy atom. The predicted molar refractivity (Wildman–Crippen MR) is 73.3 cm³/mol. The molecule has 17 heavy (non-hydrogen) atoms. The van der Waals surface area contributed by atoms with Crippen LogP contribution in [0.4, 0.5) is 0 Å².